The molecule has 0 aliphatic carbocycles. The maximum absolute atomic E-state index is 12.2. The first-order chi connectivity index (χ1) is 10.9. The van der Waals surface area contributed by atoms with Crippen LogP contribution < -0.4 is 26.5 Å². The third kappa shape index (κ3) is 3.98. The van der Waals surface area contributed by atoms with E-state index < -0.39 is 24.2 Å². The van der Waals surface area contributed by atoms with Gasteiger partial charge in [-0.25, -0.2) is 4.79 Å². The Kier molecular flexibility index (Phi) is 4.82. The van der Waals surface area contributed by atoms with Crippen LogP contribution in [0.15, 0.2) is 48.0 Å². The van der Waals surface area contributed by atoms with Gasteiger partial charge in [0.2, 0.25) is 5.88 Å². The molecule has 0 aliphatic rings. The molecule has 0 fully saturated rings. The number of halogens is 2. The number of carboxylic acid groups (broad SMARTS) is 1. The number of aliphatic carboxylic acids is 1. The zero-order valence-electron chi connectivity index (χ0n) is 11.6. The zero-order valence-corrected chi connectivity index (χ0v) is 11.6. The van der Waals surface area contributed by atoms with E-state index in [-0.39, 0.29) is 11.5 Å². The molecule has 2 rings (SSSR count). The smallest absolute Gasteiger partial charge is 0.387 e. The van der Waals surface area contributed by atoms with E-state index in [2.05, 4.69) is 4.74 Å². The predicted octanol–water partition coefficient (Wildman–Crippen LogP) is 1.50. The standard InChI is InChI=1S/C14H13F2N3O4/c15-14(16)23-10-4-2-7-5-9(3-1-8(7)6-10)22-12(17)11(19-18)13(20)21/h1-6,14,19H,17-18H2,(H,20,21)/b12-11+. The fourth-order valence-electron chi connectivity index (χ4n) is 1.86. The molecular weight excluding hydrogens is 312 g/mol. The number of carbonyl (C=O) groups is 1. The molecule has 0 amide bonds. The number of rotatable bonds is 6. The Morgan fingerprint density at radius 1 is 1.13 bits per heavy atom. The number of hydrazine groups is 1. The van der Waals surface area contributed by atoms with Gasteiger partial charge < -0.3 is 25.7 Å². The summed E-state index contributed by atoms with van der Waals surface area (Å²) in [7, 11) is 0. The van der Waals surface area contributed by atoms with Crippen molar-refractivity contribution >= 4 is 16.7 Å². The summed E-state index contributed by atoms with van der Waals surface area (Å²) >= 11 is 0. The number of ether oxygens (including phenoxy) is 2. The van der Waals surface area contributed by atoms with E-state index in [0.717, 1.165) is 0 Å². The van der Waals surface area contributed by atoms with Crippen molar-refractivity contribution in [2.45, 2.75) is 6.61 Å². The zero-order chi connectivity index (χ0) is 17.0. The van der Waals surface area contributed by atoms with E-state index >= 15 is 0 Å². The Labute approximate surface area is 129 Å². The van der Waals surface area contributed by atoms with E-state index in [1.54, 1.807) is 18.2 Å². The van der Waals surface area contributed by atoms with Crippen molar-refractivity contribution in [2.24, 2.45) is 11.6 Å². The minimum absolute atomic E-state index is 0.0288. The summed E-state index contributed by atoms with van der Waals surface area (Å²) in [5.74, 6) is 3.54. The van der Waals surface area contributed by atoms with Crippen molar-refractivity contribution in [1.82, 2.24) is 5.43 Å². The van der Waals surface area contributed by atoms with E-state index in [1.807, 2.05) is 5.43 Å². The van der Waals surface area contributed by atoms with Gasteiger partial charge in [0, 0.05) is 0 Å². The van der Waals surface area contributed by atoms with E-state index in [9.17, 15) is 13.6 Å². The molecule has 6 N–H and O–H groups in total. The molecule has 0 heterocycles. The van der Waals surface area contributed by atoms with Crippen LogP contribution in [0.3, 0.4) is 0 Å². The Hall–Kier alpha value is -3.07. The van der Waals surface area contributed by atoms with Gasteiger partial charge in [0.1, 0.15) is 11.5 Å². The minimum atomic E-state index is -2.90. The Morgan fingerprint density at radius 2 is 1.70 bits per heavy atom. The molecule has 2 aromatic rings. The summed E-state index contributed by atoms with van der Waals surface area (Å²) in [5.41, 5.74) is 6.95. The van der Waals surface area contributed by atoms with Gasteiger partial charge in [0.05, 0.1) is 0 Å². The van der Waals surface area contributed by atoms with E-state index in [0.29, 0.717) is 10.8 Å². The SMILES string of the molecule is NN/C(C(=O)O)=C(\N)Oc1ccc2cc(OC(F)F)ccc2c1. The molecular formula is C14H13F2N3O4. The fourth-order valence-corrected chi connectivity index (χ4v) is 1.86. The molecule has 0 saturated heterocycles. The summed E-state index contributed by atoms with van der Waals surface area (Å²) in [5, 5.41) is 10.2. The Bertz CT molecular complexity index is 765. The molecule has 9 heteroatoms. The number of alkyl halides is 2. The van der Waals surface area contributed by atoms with Gasteiger partial charge >= 0.3 is 12.6 Å². The molecule has 0 saturated carbocycles. The third-order valence-electron chi connectivity index (χ3n) is 2.84. The van der Waals surface area contributed by atoms with Gasteiger partial charge in [0.25, 0.3) is 0 Å². The van der Waals surface area contributed by atoms with Crippen LogP contribution in [-0.4, -0.2) is 17.7 Å². The summed E-state index contributed by atoms with van der Waals surface area (Å²) in [6.45, 7) is -2.90. The van der Waals surface area contributed by atoms with Crippen molar-refractivity contribution in [1.29, 1.82) is 0 Å². The summed E-state index contributed by atoms with van der Waals surface area (Å²) in [4.78, 5) is 10.9. The van der Waals surface area contributed by atoms with Crippen LogP contribution in [-0.2, 0) is 4.79 Å². The maximum Gasteiger partial charge on any atom is 0.387 e. The lowest BCUT2D eigenvalue weighted by Gasteiger charge is -2.10. The number of fused-ring (bicyclic) bond motifs is 1. The van der Waals surface area contributed by atoms with Gasteiger partial charge in [-0.1, -0.05) is 12.1 Å². The van der Waals surface area contributed by atoms with Crippen LogP contribution in [0, 0.1) is 0 Å². The average Bonchev–Trinajstić information content (AvgIpc) is 2.47. The van der Waals surface area contributed by atoms with Crippen molar-refractivity contribution in [2.75, 3.05) is 0 Å². The average molecular weight is 325 g/mol. The topological polar surface area (TPSA) is 120 Å². The molecule has 7 nitrogen and oxygen atoms in total. The van der Waals surface area contributed by atoms with Crippen LogP contribution in [0.5, 0.6) is 11.5 Å². The second-order valence-corrected chi connectivity index (χ2v) is 4.34. The first-order valence-electron chi connectivity index (χ1n) is 6.27. The van der Waals surface area contributed by atoms with Gasteiger partial charge in [0.15, 0.2) is 5.70 Å². The maximum atomic E-state index is 12.2. The fraction of sp³-hybridized carbons (Fsp3) is 0.0714. The highest BCUT2D eigenvalue weighted by atomic mass is 19.3. The van der Waals surface area contributed by atoms with Crippen LogP contribution in [0.1, 0.15) is 0 Å². The van der Waals surface area contributed by atoms with Crippen LogP contribution in [0.25, 0.3) is 10.8 Å². The largest absolute Gasteiger partial charge is 0.476 e. The highest BCUT2D eigenvalue weighted by Crippen LogP contribution is 2.26. The number of benzene rings is 2. The molecule has 2 aromatic carbocycles. The number of nitrogens with two attached hydrogens (primary N) is 2. The Balaban J connectivity index is 2.29. The number of hydrogen-bond donors (Lipinski definition) is 4. The van der Waals surface area contributed by atoms with Gasteiger partial charge in [-0.2, -0.15) is 8.78 Å². The quantitative estimate of drug-likeness (QED) is 0.275. The summed E-state index contributed by atoms with van der Waals surface area (Å²) in [6, 6.07) is 9.02. The molecule has 0 aliphatic heterocycles. The number of nitrogens with one attached hydrogen (secondary N) is 1. The van der Waals surface area contributed by atoms with Gasteiger partial charge in [-0.3, -0.25) is 5.84 Å². The van der Waals surface area contributed by atoms with E-state index in [4.69, 9.17) is 21.4 Å². The van der Waals surface area contributed by atoms with Gasteiger partial charge in [-0.05, 0) is 35.0 Å². The number of carboxylic acids is 1. The molecule has 23 heavy (non-hydrogen) atoms. The minimum Gasteiger partial charge on any atom is -0.476 e. The molecule has 0 aromatic heterocycles. The lowest BCUT2D eigenvalue weighted by molar-refractivity contribution is -0.133. The van der Waals surface area contributed by atoms with Crippen LogP contribution >= 0.6 is 0 Å². The molecule has 122 valence electrons. The molecule has 0 atom stereocenters. The normalized spacial score (nSPS) is 12.0. The first kappa shape index (κ1) is 16.3. The molecule has 0 unspecified atom stereocenters. The van der Waals surface area contributed by atoms with E-state index in [1.165, 1.54) is 18.2 Å². The van der Waals surface area contributed by atoms with Crippen LogP contribution in [0.2, 0.25) is 0 Å². The van der Waals surface area contributed by atoms with Crippen LogP contribution in [0.4, 0.5) is 8.78 Å². The van der Waals surface area contributed by atoms with Crippen molar-refractivity contribution in [3.05, 3.63) is 48.0 Å². The van der Waals surface area contributed by atoms with Gasteiger partial charge in [-0.15, -0.1) is 0 Å². The lowest BCUT2D eigenvalue weighted by atomic mass is 10.1. The molecule has 0 spiro atoms. The van der Waals surface area contributed by atoms with Crippen molar-refractivity contribution in [3.63, 3.8) is 0 Å². The highest BCUT2D eigenvalue weighted by Gasteiger charge is 2.13. The second-order valence-electron chi connectivity index (χ2n) is 4.34. The lowest BCUT2D eigenvalue weighted by Crippen LogP contribution is -2.31. The third-order valence-corrected chi connectivity index (χ3v) is 2.84. The predicted molar refractivity (Wildman–Crippen MR) is 77.4 cm³/mol. The summed E-state index contributed by atoms with van der Waals surface area (Å²) in [6.07, 6.45) is 0. The first-order valence-corrected chi connectivity index (χ1v) is 6.27. The monoisotopic (exact) mass is 325 g/mol. The second kappa shape index (κ2) is 6.79. The summed E-state index contributed by atoms with van der Waals surface area (Å²) < 4.78 is 33.9. The molecule has 0 bridgehead atoms. The Morgan fingerprint density at radius 3 is 2.22 bits per heavy atom. The highest BCUT2D eigenvalue weighted by molar-refractivity contribution is 5.87. The van der Waals surface area contributed by atoms with Crippen molar-refractivity contribution in [3.8, 4) is 11.5 Å². The molecule has 0 radical (unpaired) electrons. The number of hydrogen-bond acceptors (Lipinski definition) is 6. The van der Waals surface area contributed by atoms with Crippen molar-refractivity contribution < 1.29 is 28.2 Å².